The molecule has 1 aromatic carbocycles. The number of carbonyl (C=O) groups is 1. The van der Waals surface area contributed by atoms with E-state index in [0.717, 1.165) is 17.7 Å². The van der Waals surface area contributed by atoms with Crippen LogP contribution < -0.4 is 16.8 Å². The van der Waals surface area contributed by atoms with E-state index in [-0.39, 0.29) is 5.91 Å². The highest BCUT2D eigenvalue weighted by atomic mass is 16.4. The van der Waals surface area contributed by atoms with Crippen LogP contribution >= 0.6 is 0 Å². The molecule has 1 aromatic heterocycles. The average molecular weight is 273 g/mol. The van der Waals surface area contributed by atoms with Crippen LogP contribution in [0.5, 0.6) is 0 Å². The van der Waals surface area contributed by atoms with Crippen LogP contribution in [0.1, 0.15) is 17.7 Å². The molecule has 0 bridgehead atoms. The second kappa shape index (κ2) is 4.97. The van der Waals surface area contributed by atoms with Crippen molar-refractivity contribution in [3.05, 3.63) is 46.3 Å². The van der Waals surface area contributed by atoms with Gasteiger partial charge in [-0.15, -0.1) is 0 Å². The summed E-state index contributed by atoms with van der Waals surface area (Å²) in [6, 6.07) is 5.56. The summed E-state index contributed by atoms with van der Waals surface area (Å²) < 4.78 is 6.54. The number of nitrogens with one attached hydrogen (secondary N) is 1. The Labute approximate surface area is 115 Å². The van der Waals surface area contributed by atoms with Gasteiger partial charge in [-0.2, -0.15) is 0 Å². The van der Waals surface area contributed by atoms with Gasteiger partial charge in [-0.05, 0) is 30.7 Å². The first kappa shape index (κ1) is 12.7. The third kappa shape index (κ3) is 2.25. The second-order valence-corrected chi connectivity index (χ2v) is 4.76. The van der Waals surface area contributed by atoms with Gasteiger partial charge < -0.3 is 15.5 Å². The topological polar surface area (TPSA) is 90.3 Å². The number of benzene rings is 1. The number of aromatic nitrogens is 1. The predicted octanol–water partition coefficient (Wildman–Crippen LogP) is 0.816. The molecule has 0 radical (unpaired) electrons. The van der Waals surface area contributed by atoms with Gasteiger partial charge >= 0.3 is 5.76 Å². The van der Waals surface area contributed by atoms with Crippen LogP contribution in [0.2, 0.25) is 0 Å². The van der Waals surface area contributed by atoms with Crippen molar-refractivity contribution in [3.8, 4) is 5.69 Å². The molecule has 0 aliphatic carbocycles. The van der Waals surface area contributed by atoms with Gasteiger partial charge in [0, 0.05) is 18.5 Å². The third-order valence-corrected chi connectivity index (χ3v) is 3.35. The number of carbonyl (C=O) groups excluding carboxylic acids is 1. The van der Waals surface area contributed by atoms with Crippen molar-refractivity contribution in [3.63, 3.8) is 0 Å². The maximum absolute atomic E-state index is 11.8. The molecule has 20 heavy (non-hydrogen) atoms. The SMILES string of the molecule is NCCc1cn(-c2ccc3c(c2)NC(=O)CC3)c(=O)o1. The molecule has 1 aliphatic heterocycles. The van der Waals surface area contributed by atoms with Crippen LogP contribution in [0.25, 0.3) is 5.69 Å². The van der Waals surface area contributed by atoms with Crippen LogP contribution in [0.15, 0.2) is 33.6 Å². The Kier molecular flexibility index (Phi) is 3.15. The Morgan fingerprint density at radius 2 is 2.15 bits per heavy atom. The van der Waals surface area contributed by atoms with E-state index in [1.807, 2.05) is 12.1 Å². The summed E-state index contributed by atoms with van der Waals surface area (Å²) in [7, 11) is 0. The van der Waals surface area contributed by atoms with E-state index in [9.17, 15) is 9.59 Å². The van der Waals surface area contributed by atoms with Gasteiger partial charge in [-0.3, -0.25) is 4.79 Å². The molecule has 2 heterocycles. The van der Waals surface area contributed by atoms with E-state index < -0.39 is 5.76 Å². The summed E-state index contributed by atoms with van der Waals surface area (Å²) in [6.45, 7) is 0.424. The van der Waals surface area contributed by atoms with E-state index >= 15 is 0 Å². The zero-order valence-electron chi connectivity index (χ0n) is 10.9. The lowest BCUT2D eigenvalue weighted by Gasteiger charge is -2.17. The zero-order valence-corrected chi connectivity index (χ0v) is 10.9. The summed E-state index contributed by atoms with van der Waals surface area (Å²) in [5, 5.41) is 2.82. The highest BCUT2D eigenvalue weighted by Gasteiger charge is 2.16. The molecule has 104 valence electrons. The maximum atomic E-state index is 11.8. The van der Waals surface area contributed by atoms with Gasteiger partial charge in [0.2, 0.25) is 5.91 Å². The number of hydrogen-bond donors (Lipinski definition) is 2. The first-order valence-electron chi connectivity index (χ1n) is 6.52. The quantitative estimate of drug-likeness (QED) is 0.866. The minimum absolute atomic E-state index is 0.00184. The molecule has 0 spiro atoms. The lowest BCUT2D eigenvalue weighted by Crippen LogP contribution is -2.19. The Morgan fingerprint density at radius 3 is 2.95 bits per heavy atom. The Bertz CT molecular complexity index is 715. The molecule has 1 amide bonds. The molecule has 1 aliphatic rings. The van der Waals surface area contributed by atoms with Gasteiger partial charge in [-0.1, -0.05) is 6.07 Å². The van der Waals surface area contributed by atoms with Crippen LogP contribution in [-0.2, 0) is 17.6 Å². The molecular weight excluding hydrogens is 258 g/mol. The first-order valence-corrected chi connectivity index (χ1v) is 6.52. The number of oxazole rings is 1. The second-order valence-electron chi connectivity index (χ2n) is 4.76. The van der Waals surface area contributed by atoms with Crippen molar-refractivity contribution in [2.75, 3.05) is 11.9 Å². The van der Waals surface area contributed by atoms with Crippen LogP contribution in [0, 0.1) is 0 Å². The predicted molar refractivity (Wildman–Crippen MR) is 74.0 cm³/mol. The minimum Gasteiger partial charge on any atom is -0.413 e. The van der Waals surface area contributed by atoms with Gasteiger partial charge in [0.1, 0.15) is 5.76 Å². The van der Waals surface area contributed by atoms with Crippen molar-refractivity contribution in [2.45, 2.75) is 19.3 Å². The summed E-state index contributed by atoms with van der Waals surface area (Å²) in [4.78, 5) is 23.2. The number of fused-ring (bicyclic) bond motifs is 1. The minimum atomic E-state index is -0.449. The van der Waals surface area contributed by atoms with Crippen molar-refractivity contribution in [1.29, 1.82) is 0 Å². The zero-order chi connectivity index (χ0) is 14.1. The molecule has 0 saturated carbocycles. The molecule has 0 atom stereocenters. The van der Waals surface area contributed by atoms with Crippen molar-refractivity contribution in [2.24, 2.45) is 5.73 Å². The monoisotopic (exact) mass is 273 g/mol. The lowest BCUT2D eigenvalue weighted by molar-refractivity contribution is -0.116. The molecule has 2 aromatic rings. The molecule has 0 saturated heterocycles. The standard InChI is InChI=1S/C14H15N3O3/c15-6-5-11-8-17(14(19)20-11)10-3-1-9-2-4-13(18)16-12(9)7-10/h1,3,7-8H,2,4-6,15H2,(H,16,18). The van der Waals surface area contributed by atoms with Crippen LogP contribution in [-0.4, -0.2) is 17.0 Å². The third-order valence-electron chi connectivity index (χ3n) is 3.35. The summed E-state index contributed by atoms with van der Waals surface area (Å²) in [5.74, 6) is 0.104. The highest BCUT2D eigenvalue weighted by molar-refractivity contribution is 5.94. The summed E-state index contributed by atoms with van der Waals surface area (Å²) in [6.07, 6.45) is 3.38. The van der Waals surface area contributed by atoms with E-state index in [2.05, 4.69) is 5.32 Å². The molecule has 6 nitrogen and oxygen atoms in total. The number of anilines is 1. The number of nitrogens with two attached hydrogens (primary N) is 1. The Morgan fingerprint density at radius 1 is 1.30 bits per heavy atom. The van der Waals surface area contributed by atoms with E-state index in [0.29, 0.717) is 30.8 Å². The normalized spacial score (nSPS) is 13.9. The number of nitrogens with zero attached hydrogens (tertiary/aromatic N) is 1. The number of aryl methyl sites for hydroxylation is 1. The van der Waals surface area contributed by atoms with Crippen LogP contribution in [0.3, 0.4) is 0 Å². The smallest absolute Gasteiger partial charge is 0.413 e. The maximum Gasteiger partial charge on any atom is 0.423 e. The summed E-state index contributed by atoms with van der Waals surface area (Å²) >= 11 is 0. The molecule has 3 N–H and O–H groups in total. The molecule has 0 fully saturated rings. The number of amides is 1. The fourth-order valence-corrected chi connectivity index (χ4v) is 2.33. The number of rotatable bonds is 3. The molecular formula is C14H15N3O3. The van der Waals surface area contributed by atoms with Crippen LogP contribution in [0.4, 0.5) is 5.69 Å². The van der Waals surface area contributed by atoms with Crippen molar-refractivity contribution >= 4 is 11.6 Å². The molecule has 3 rings (SSSR count). The largest absolute Gasteiger partial charge is 0.423 e. The lowest BCUT2D eigenvalue weighted by atomic mass is 10.0. The molecule has 0 unspecified atom stereocenters. The highest BCUT2D eigenvalue weighted by Crippen LogP contribution is 2.25. The van der Waals surface area contributed by atoms with E-state index in [1.54, 1.807) is 12.3 Å². The summed E-state index contributed by atoms with van der Waals surface area (Å²) in [5.41, 5.74) is 7.95. The Balaban J connectivity index is 2.00. The molecule has 6 heteroatoms. The fourth-order valence-electron chi connectivity index (χ4n) is 2.33. The first-order chi connectivity index (χ1) is 9.67. The average Bonchev–Trinajstić information content (AvgIpc) is 2.79. The van der Waals surface area contributed by atoms with E-state index in [1.165, 1.54) is 4.57 Å². The van der Waals surface area contributed by atoms with Gasteiger partial charge in [0.05, 0.1) is 11.9 Å². The van der Waals surface area contributed by atoms with Gasteiger partial charge in [-0.25, -0.2) is 9.36 Å². The van der Waals surface area contributed by atoms with Crippen molar-refractivity contribution in [1.82, 2.24) is 4.57 Å². The van der Waals surface area contributed by atoms with Crippen molar-refractivity contribution < 1.29 is 9.21 Å². The fraction of sp³-hybridized carbons (Fsp3) is 0.286. The van der Waals surface area contributed by atoms with Gasteiger partial charge in [0.15, 0.2) is 0 Å². The number of hydrogen-bond acceptors (Lipinski definition) is 4. The van der Waals surface area contributed by atoms with E-state index in [4.69, 9.17) is 10.2 Å². The van der Waals surface area contributed by atoms with Gasteiger partial charge in [0.25, 0.3) is 0 Å². The Hall–Kier alpha value is -2.34.